The lowest BCUT2D eigenvalue weighted by molar-refractivity contribution is 0.442. The average Bonchev–Trinajstić information content (AvgIpc) is 2.33. The number of nitrogens with two attached hydrogens (primary N) is 1. The minimum absolute atomic E-state index is 0.0564. The predicted octanol–water partition coefficient (Wildman–Crippen LogP) is 5.27. The SMILES string of the molecule is Nc1ccc(Oc2ccc(Br)cc2F)c(Cl)c1Cl. The van der Waals surface area contributed by atoms with Crippen molar-refractivity contribution in [2.24, 2.45) is 0 Å². The third-order valence-electron chi connectivity index (χ3n) is 2.19. The number of anilines is 1. The summed E-state index contributed by atoms with van der Waals surface area (Å²) in [6.45, 7) is 0. The Morgan fingerprint density at radius 3 is 2.39 bits per heavy atom. The van der Waals surface area contributed by atoms with Gasteiger partial charge in [0.25, 0.3) is 0 Å². The monoisotopic (exact) mass is 349 g/mol. The number of rotatable bonds is 2. The fourth-order valence-corrected chi connectivity index (χ4v) is 2.00. The van der Waals surface area contributed by atoms with Crippen molar-refractivity contribution in [2.75, 3.05) is 5.73 Å². The number of halogens is 4. The van der Waals surface area contributed by atoms with Crippen molar-refractivity contribution >= 4 is 44.8 Å². The van der Waals surface area contributed by atoms with Crippen LogP contribution in [0.3, 0.4) is 0 Å². The molecule has 2 rings (SSSR count). The van der Waals surface area contributed by atoms with Gasteiger partial charge in [0.15, 0.2) is 11.6 Å². The first-order valence-corrected chi connectivity index (χ1v) is 6.40. The number of ether oxygens (including phenoxy) is 1. The molecule has 0 amide bonds. The van der Waals surface area contributed by atoms with Gasteiger partial charge in [-0.15, -0.1) is 0 Å². The second-order valence-electron chi connectivity index (χ2n) is 3.46. The predicted molar refractivity (Wildman–Crippen MR) is 75.0 cm³/mol. The molecule has 0 atom stereocenters. The third kappa shape index (κ3) is 2.71. The highest BCUT2D eigenvalue weighted by molar-refractivity contribution is 9.10. The van der Waals surface area contributed by atoms with E-state index in [-0.39, 0.29) is 21.5 Å². The van der Waals surface area contributed by atoms with Crippen molar-refractivity contribution in [1.29, 1.82) is 0 Å². The van der Waals surface area contributed by atoms with Gasteiger partial charge >= 0.3 is 0 Å². The van der Waals surface area contributed by atoms with Crippen LogP contribution < -0.4 is 10.5 Å². The Bertz CT molecular complexity index is 607. The second kappa shape index (κ2) is 5.34. The van der Waals surface area contributed by atoms with Crippen LogP contribution in [0.1, 0.15) is 0 Å². The van der Waals surface area contributed by atoms with E-state index in [9.17, 15) is 4.39 Å². The van der Waals surface area contributed by atoms with Gasteiger partial charge in [-0.1, -0.05) is 39.1 Å². The van der Waals surface area contributed by atoms with Gasteiger partial charge in [0.1, 0.15) is 10.8 Å². The van der Waals surface area contributed by atoms with Crippen molar-refractivity contribution in [3.8, 4) is 11.5 Å². The minimum Gasteiger partial charge on any atom is -0.453 e. The molecule has 0 aromatic heterocycles. The van der Waals surface area contributed by atoms with Crippen LogP contribution in [-0.2, 0) is 0 Å². The quantitative estimate of drug-likeness (QED) is 0.749. The maximum atomic E-state index is 13.6. The Hall–Kier alpha value is -0.970. The zero-order valence-electron chi connectivity index (χ0n) is 8.88. The van der Waals surface area contributed by atoms with E-state index in [4.69, 9.17) is 33.7 Å². The lowest BCUT2D eigenvalue weighted by Gasteiger charge is -2.10. The molecule has 0 aliphatic rings. The van der Waals surface area contributed by atoms with Crippen LogP contribution in [0.4, 0.5) is 10.1 Å². The van der Waals surface area contributed by atoms with Gasteiger partial charge in [-0.2, -0.15) is 0 Å². The summed E-state index contributed by atoms with van der Waals surface area (Å²) >= 11 is 15.0. The van der Waals surface area contributed by atoms with Crippen LogP contribution in [0.5, 0.6) is 11.5 Å². The average molecular weight is 351 g/mol. The Morgan fingerprint density at radius 2 is 1.72 bits per heavy atom. The van der Waals surface area contributed by atoms with Crippen molar-refractivity contribution in [1.82, 2.24) is 0 Å². The van der Waals surface area contributed by atoms with Crippen LogP contribution in [0, 0.1) is 5.82 Å². The molecule has 0 heterocycles. The summed E-state index contributed by atoms with van der Waals surface area (Å²) in [6.07, 6.45) is 0. The molecule has 0 aliphatic carbocycles. The summed E-state index contributed by atoms with van der Waals surface area (Å²) < 4.78 is 19.6. The standard InChI is InChI=1S/C12H7BrCl2FNO/c13-6-1-3-9(7(16)5-6)18-10-4-2-8(17)11(14)12(10)15/h1-5H,17H2. The molecule has 0 saturated heterocycles. The van der Waals surface area contributed by atoms with Crippen molar-refractivity contribution in [3.05, 3.63) is 50.7 Å². The molecular formula is C12H7BrCl2FNO. The molecule has 6 heteroatoms. The molecule has 18 heavy (non-hydrogen) atoms. The van der Waals surface area contributed by atoms with E-state index >= 15 is 0 Å². The number of hydrogen-bond acceptors (Lipinski definition) is 2. The zero-order valence-corrected chi connectivity index (χ0v) is 12.0. The van der Waals surface area contributed by atoms with Crippen molar-refractivity contribution in [2.45, 2.75) is 0 Å². The Labute approximate surface area is 122 Å². The first-order chi connectivity index (χ1) is 8.49. The smallest absolute Gasteiger partial charge is 0.166 e. The van der Waals surface area contributed by atoms with E-state index in [0.717, 1.165) is 0 Å². The maximum Gasteiger partial charge on any atom is 0.166 e. The molecule has 2 N–H and O–H groups in total. The Balaban J connectivity index is 2.37. The molecule has 2 nitrogen and oxygen atoms in total. The summed E-state index contributed by atoms with van der Waals surface area (Å²) in [4.78, 5) is 0. The van der Waals surface area contributed by atoms with Crippen LogP contribution in [0.15, 0.2) is 34.8 Å². The van der Waals surface area contributed by atoms with E-state index in [0.29, 0.717) is 10.2 Å². The van der Waals surface area contributed by atoms with Gasteiger partial charge in [-0.05, 0) is 30.3 Å². The molecule has 2 aromatic carbocycles. The topological polar surface area (TPSA) is 35.2 Å². The number of nitrogen functional groups attached to an aromatic ring is 1. The van der Waals surface area contributed by atoms with Gasteiger partial charge in [0, 0.05) is 4.47 Å². The van der Waals surface area contributed by atoms with Crippen LogP contribution in [0.25, 0.3) is 0 Å². The van der Waals surface area contributed by atoms with Crippen LogP contribution >= 0.6 is 39.1 Å². The lowest BCUT2D eigenvalue weighted by atomic mass is 10.3. The van der Waals surface area contributed by atoms with E-state index in [2.05, 4.69) is 15.9 Å². The first-order valence-electron chi connectivity index (χ1n) is 4.85. The van der Waals surface area contributed by atoms with Crippen LogP contribution in [-0.4, -0.2) is 0 Å². The summed E-state index contributed by atoms with van der Waals surface area (Å²) in [5.41, 5.74) is 5.92. The van der Waals surface area contributed by atoms with E-state index in [1.807, 2.05) is 0 Å². The fourth-order valence-electron chi connectivity index (χ4n) is 1.30. The zero-order chi connectivity index (χ0) is 13.3. The van der Waals surface area contributed by atoms with E-state index in [1.54, 1.807) is 12.1 Å². The molecule has 0 saturated carbocycles. The third-order valence-corrected chi connectivity index (χ3v) is 3.56. The molecule has 0 radical (unpaired) electrons. The number of hydrogen-bond donors (Lipinski definition) is 1. The second-order valence-corrected chi connectivity index (χ2v) is 5.13. The van der Waals surface area contributed by atoms with Gasteiger partial charge < -0.3 is 10.5 Å². The highest BCUT2D eigenvalue weighted by Crippen LogP contribution is 2.38. The van der Waals surface area contributed by atoms with Gasteiger partial charge in [-0.3, -0.25) is 0 Å². The first kappa shape index (κ1) is 13.5. The van der Waals surface area contributed by atoms with E-state index < -0.39 is 5.82 Å². The summed E-state index contributed by atoms with van der Waals surface area (Å²) in [5, 5.41) is 0.339. The van der Waals surface area contributed by atoms with E-state index in [1.165, 1.54) is 18.2 Å². The summed E-state index contributed by atoms with van der Waals surface area (Å²) in [6, 6.07) is 7.51. The molecule has 0 fully saturated rings. The van der Waals surface area contributed by atoms with Crippen LogP contribution in [0.2, 0.25) is 10.0 Å². The minimum atomic E-state index is -0.506. The largest absolute Gasteiger partial charge is 0.453 e. The highest BCUT2D eigenvalue weighted by atomic mass is 79.9. The Morgan fingerprint density at radius 1 is 1.06 bits per heavy atom. The molecule has 0 aliphatic heterocycles. The summed E-state index contributed by atoms with van der Waals surface area (Å²) in [5.74, 6) is -0.202. The molecular weight excluding hydrogens is 344 g/mol. The van der Waals surface area contributed by atoms with Gasteiger partial charge in [0.2, 0.25) is 0 Å². The number of benzene rings is 2. The van der Waals surface area contributed by atoms with Crippen molar-refractivity contribution in [3.63, 3.8) is 0 Å². The molecule has 94 valence electrons. The lowest BCUT2D eigenvalue weighted by Crippen LogP contribution is -1.92. The molecule has 0 spiro atoms. The Kier molecular flexibility index (Phi) is 4.00. The van der Waals surface area contributed by atoms with Gasteiger partial charge in [0.05, 0.1) is 10.7 Å². The highest BCUT2D eigenvalue weighted by Gasteiger charge is 2.12. The summed E-state index contributed by atoms with van der Waals surface area (Å²) in [7, 11) is 0. The fraction of sp³-hybridized carbons (Fsp3) is 0. The maximum absolute atomic E-state index is 13.6. The van der Waals surface area contributed by atoms with Crippen molar-refractivity contribution < 1.29 is 9.13 Å². The molecule has 0 unspecified atom stereocenters. The molecule has 2 aromatic rings. The molecule has 0 bridgehead atoms. The van der Waals surface area contributed by atoms with Gasteiger partial charge in [-0.25, -0.2) is 4.39 Å². The normalized spacial score (nSPS) is 10.4.